The molecule has 7 nitrogen and oxygen atoms in total. The van der Waals surface area contributed by atoms with Crippen LogP contribution in [0.25, 0.3) is 11.4 Å². The van der Waals surface area contributed by atoms with Gasteiger partial charge in [-0.15, -0.1) is 10.2 Å². The SMILES string of the molecule is CCOc1c(Cl)cc(C(=O)Nc2cc(-c3nnc4n3CCCCC4)ccc2F)cc1OC. The zero-order chi connectivity index (χ0) is 22.7. The molecule has 2 aromatic carbocycles. The molecule has 0 bridgehead atoms. The van der Waals surface area contributed by atoms with E-state index in [0.717, 1.165) is 38.1 Å². The van der Waals surface area contributed by atoms with Gasteiger partial charge in [0.15, 0.2) is 17.3 Å². The Balaban J connectivity index is 1.63. The van der Waals surface area contributed by atoms with Gasteiger partial charge in [-0.2, -0.15) is 0 Å². The molecule has 168 valence electrons. The molecule has 0 fully saturated rings. The third-order valence-corrected chi connectivity index (χ3v) is 5.64. The monoisotopic (exact) mass is 458 g/mol. The van der Waals surface area contributed by atoms with Gasteiger partial charge < -0.3 is 19.4 Å². The van der Waals surface area contributed by atoms with Crippen LogP contribution in [-0.4, -0.2) is 34.4 Å². The van der Waals surface area contributed by atoms with E-state index in [2.05, 4.69) is 20.1 Å². The van der Waals surface area contributed by atoms with Gasteiger partial charge in [-0.05, 0) is 50.1 Å². The van der Waals surface area contributed by atoms with E-state index in [1.807, 2.05) is 6.92 Å². The molecule has 1 amide bonds. The van der Waals surface area contributed by atoms with Crippen LogP contribution in [0.1, 0.15) is 42.4 Å². The van der Waals surface area contributed by atoms with Crippen molar-refractivity contribution >= 4 is 23.2 Å². The topological polar surface area (TPSA) is 78.3 Å². The minimum Gasteiger partial charge on any atom is -0.493 e. The van der Waals surface area contributed by atoms with Crippen molar-refractivity contribution in [2.45, 2.75) is 39.2 Å². The second-order valence-electron chi connectivity index (χ2n) is 7.47. The second kappa shape index (κ2) is 9.56. The van der Waals surface area contributed by atoms with Crippen LogP contribution in [0.2, 0.25) is 5.02 Å². The molecule has 2 heterocycles. The predicted molar refractivity (Wildman–Crippen MR) is 120 cm³/mol. The predicted octanol–water partition coefficient (Wildman–Crippen LogP) is 5.12. The first-order valence-corrected chi connectivity index (χ1v) is 10.9. The fraction of sp³-hybridized carbons (Fsp3) is 0.348. The lowest BCUT2D eigenvalue weighted by atomic mass is 10.1. The van der Waals surface area contributed by atoms with Gasteiger partial charge in [-0.25, -0.2) is 4.39 Å². The van der Waals surface area contributed by atoms with Crippen LogP contribution >= 0.6 is 11.6 Å². The molecule has 1 aliphatic rings. The van der Waals surface area contributed by atoms with Gasteiger partial charge in [0.2, 0.25) is 0 Å². The molecule has 0 unspecified atom stereocenters. The summed E-state index contributed by atoms with van der Waals surface area (Å²) in [5.74, 6) is 1.21. The zero-order valence-corrected chi connectivity index (χ0v) is 18.7. The van der Waals surface area contributed by atoms with Gasteiger partial charge in [0.25, 0.3) is 5.91 Å². The van der Waals surface area contributed by atoms with E-state index in [4.69, 9.17) is 21.1 Å². The number of carbonyl (C=O) groups excluding carboxylic acids is 1. The smallest absolute Gasteiger partial charge is 0.255 e. The highest BCUT2D eigenvalue weighted by atomic mass is 35.5. The summed E-state index contributed by atoms with van der Waals surface area (Å²) in [4.78, 5) is 12.9. The van der Waals surface area contributed by atoms with Crippen LogP contribution in [0.5, 0.6) is 11.5 Å². The number of halogens is 2. The van der Waals surface area contributed by atoms with Gasteiger partial charge >= 0.3 is 0 Å². The first-order valence-electron chi connectivity index (χ1n) is 10.6. The maximum Gasteiger partial charge on any atom is 0.255 e. The molecule has 3 aromatic rings. The molecule has 0 saturated heterocycles. The highest BCUT2D eigenvalue weighted by molar-refractivity contribution is 6.32. The lowest BCUT2D eigenvalue weighted by molar-refractivity contribution is 0.102. The highest BCUT2D eigenvalue weighted by Crippen LogP contribution is 2.37. The van der Waals surface area contributed by atoms with Crippen molar-refractivity contribution in [1.82, 2.24) is 14.8 Å². The number of hydrogen-bond acceptors (Lipinski definition) is 5. The van der Waals surface area contributed by atoms with Crippen LogP contribution in [0.4, 0.5) is 10.1 Å². The van der Waals surface area contributed by atoms with Gasteiger partial charge in [0, 0.05) is 24.1 Å². The average molecular weight is 459 g/mol. The third kappa shape index (κ3) is 4.41. The summed E-state index contributed by atoms with van der Waals surface area (Å²) in [6.07, 6.45) is 4.14. The van der Waals surface area contributed by atoms with E-state index in [0.29, 0.717) is 29.5 Å². The number of nitrogens with one attached hydrogen (secondary N) is 1. The lowest BCUT2D eigenvalue weighted by Crippen LogP contribution is -2.14. The van der Waals surface area contributed by atoms with E-state index in [9.17, 15) is 9.18 Å². The summed E-state index contributed by atoms with van der Waals surface area (Å²) in [6.45, 7) is 3.04. The Hall–Kier alpha value is -3.13. The Morgan fingerprint density at radius 3 is 2.84 bits per heavy atom. The van der Waals surface area contributed by atoms with E-state index in [-0.39, 0.29) is 16.3 Å². The Bertz CT molecular complexity index is 1150. The maximum atomic E-state index is 14.6. The van der Waals surface area contributed by atoms with Crippen LogP contribution < -0.4 is 14.8 Å². The number of rotatable bonds is 6. The standard InChI is InChI=1S/C23H24ClFN4O3/c1-3-32-21-16(24)11-15(13-19(21)31-2)23(30)26-18-12-14(8-9-17(18)25)22-28-27-20-7-5-4-6-10-29(20)22/h8-9,11-13H,3-7,10H2,1-2H3,(H,26,30). The molecular formula is C23H24ClFN4O3. The fourth-order valence-electron chi connectivity index (χ4n) is 3.79. The van der Waals surface area contributed by atoms with Crippen molar-refractivity contribution in [3.8, 4) is 22.9 Å². The summed E-state index contributed by atoms with van der Waals surface area (Å²) in [7, 11) is 1.46. The minimum absolute atomic E-state index is 0.0439. The van der Waals surface area contributed by atoms with E-state index in [1.165, 1.54) is 25.3 Å². The van der Waals surface area contributed by atoms with Crippen LogP contribution in [0.3, 0.4) is 0 Å². The summed E-state index contributed by atoms with van der Waals surface area (Å²) in [5, 5.41) is 11.5. The maximum absolute atomic E-state index is 14.6. The van der Waals surface area contributed by atoms with E-state index >= 15 is 0 Å². The van der Waals surface area contributed by atoms with Crippen molar-refractivity contribution < 1.29 is 18.7 Å². The molecule has 1 N–H and O–H groups in total. The van der Waals surface area contributed by atoms with Gasteiger partial charge in [-0.3, -0.25) is 4.79 Å². The number of aryl methyl sites for hydroxylation is 1. The number of aromatic nitrogens is 3. The molecule has 1 aromatic heterocycles. The van der Waals surface area contributed by atoms with Crippen molar-refractivity contribution in [2.75, 3.05) is 19.0 Å². The summed E-state index contributed by atoms with van der Waals surface area (Å²) in [5.41, 5.74) is 0.948. The highest BCUT2D eigenvalue weighted by Gasteiger charge is 2.20. The number of methoxy groups -OCH3 is 1. The first-order chi connectivity index (χ1) is 15.5. The molecule has 9 heteroatoms. The molecule has 0 saturated carbocycles. The molecule has 1 aliphatic heterocycles. The van der Waals surface area contributed by atoms with E-state index < -0.39 is 11.7 Å². The largest absolute Gasteiger partial charge is 0.493 e. The number of ether oxygens (including phenoxy) is 2. The summed E-state index contributed by atoms with van der Waals surface area (Å²) < 4.78 is 27.4. The normalized spacial score (nSPS) is 13.2. The third-order valence-electron chi connectivity index (χ3n) is 5.36. The van der Waals surface area contributed by atoms with Crippen LogP contribution in [0, 0.1) is 5.82 Å². The number of hydrogen-bond donors (Lipinski definition) is 1. The van der Waals surface area contributed by atoms with Crippen molar-refractivity contribution in [3.63, 3.8) is 0 Å². The molecule has 0 radical (unpaired) electrons. The minimum atomic E-state index is -0.554. The van der Waals surface area contributed by atoms with Gasteiger partial charge in [-0.1, -0.05) is 18.0 Å². The van der Waals surface area contributed by atoms with E-state index in [1.54, 1.807) is 12.1 Å². The quantitative estimate of drug-likeness (QED) is 0.554. The number of nitrogens with zero attached hydrogens (tertiary/aromatic N) is 3. The molecule has 4 rings (SSSR count). The molecule has 0 aliphatic carbocycles. The Morgan fingerprint density at radius 2 is 2.06 bits per heavy atom. The number of benzene rings is 2. The number of amides is 1. The average Bonchev–Trinajstić information content (AvgIpc) is 3.04. The van der Waals surface area contributed by atoms with Crippen LogP contribution in [0.15, 0.2) is 30.3 Å². The van der Waals surface area contributed by atoms with Crippen LogP contribution in [-0.2, 0) is 13.0 Å². The first kappa shape index (κ1) is 22.1. The summed E-state index contributed by atoms with van der Waals surface area (Å²) >= 11 is 6.27. The zero-order valence-electron chi connectivity index (χ0n) is 18.0. The molecule has 32 heavy (non-hydrogen) atoms. The molecule has 0 atom stereocenters. The summed E-state index contributed by atoms with van der Waals surface area (Å²) in [6, 6.07) is 7.50. The van der Waals surface area contributed by atoms with Crippen molar-refractivity contribution in [3.05, 3.63) is 52.6 Å². The van der Waals surface area contributed by atoms with Crippen molar-refractivity contribution in [2.24, 2.45) is 0 Å². The number of fused-ring (bicyclic) bond motifs is 1. The van der Waals surface area contributed by atoms with Gasteiger partial charge in [0.1, 0.15) is 11.6 Å². The Labute approximate surface area is 190 Å². The second-order valence-corrected chi connectivity index (χ2v) is 7.88. The van der Waals surface area contributed by atoms with Gasteiger partial charge in [0.05, 0.1) is 24.4 Å². The lowest BCUT2D eigenvalue weighted by Gasteiger charge is -2.14. The Morgan fingerprint density at radius 1 is 1.22 bits per heavy atom. The molecule has 0 spiro atoms. The molecular weight excluding hydrogens is 435 g/mol. The van der Waals surface area contributed by atoms with Crippen molar-refractivity contribution in [1.29, 1.82) is 0 Å². The fourth-order valence-corrected chi connectivity index (χ4v) is 4.05. The number of anilines is 1. The number of carbonyl (C=O) groups is 1. The Kier molecular flexibility index (Phi) is 6.60.